The van der Waals surface area contributed by atoms with Crippen LogP contribution in [0.25, 0.3) is 0 Å². The Morgan fingerprint density at radius 1 is 1.62 bits per heavy atom. The van der Waals surface area contributed by atoms with Gasteiger partial charge in [-0.25, -0.2) is 0 Å². The van der Waals surface area contributed by atoms with Crippen LogP contribution in [0.2, 0.25) is 0 Å². The van der Waals surface area contributed by atoms with Crippen LogP contribution in [0.15, 0.2) is 23.1 Å². The molecule has 0 atom stereocenters. The van der Waals surface area contributed by atoms with Crippen molar-refractivity contribution in [3.05, 3.63) is 34.2 Å². The summed E-state index contributed by atoms with van der Waals surface area (Å²) >= 11 is 0. The van der Waals surface area contributed by atoms with E-state index in [-0.39, 0.29) is 12.0 Å². The fourth-order valence-electron chi connectivity index (χ4n) is 0.930. The van der Waals surface area contributed by atoms with Crippen molar-refractivity contribution in [3.63, 3.8) is 0 Å². The Kier molecular flexibility index (Phi) is 2.75. The smallest absolute Gasteiger partial charge is 0.269 e. The maximum Gasteiger partial charge on any atom is 0.321 e. The highest BCUT2D eigenvalue weighted by Gasteiger charge is 2.09. The molecule has 0 N–H and O–H groups in total. The molecule has 5 heteroatoms. The van der Waals surface area contributed by atoms with E-state index in [1.165, 1.54) is 12.1 Å². The number of pyridine rings is 1. The van der Waals surface area contributed by atoms with Gasteiger partial charge in [0.15, 0.2) is 0 Å². The van der Waals surface area contributed by atoms with Crippen molar-refractivity contribution in [2.45, 2.75) is 13.0 Å². The molecule has 0 spiro atoms. The summed E-state index contributed by atoms with van der Waals surface area (Å²) in [4.78, 5) is 11.1. The lowest BCUT2D eigenvalue weighted by Gasteiger charge is -2.03. The molecule has 0 aliphatic rings. The van der Waals surface area contributed by atoms with Gasteiger partial charge in [-0.3, -0.25) is 9.36 Å². The SMILES string of the molecule is N#CCc1cccn(C(F)F)c1=O. The standard InChI is InChI=1S/C8H6F2N2O/c9-8(10)12-5-1-2-6(3-4-11)7(12)13/h1-2,5,8H,3H2. The first-order valence-electron chi connectivity index (χ1n) is 3.52. The Morgan fingerprint density at radius 2 is 2.31 bits per heavy atom. The van der Waals surface area contributed by atoms with Crippen LogP contribution in [0.4, 0.5) is 8.78 Å². The summed E-state index contributed by atoms with van der Waals surface area (Å²) in [6.45, 7) is -2.86. The Bertz CT molecular complexity index is 392. The third-order valence-electron chi connectivity index (χ3n) is 1.53. The van der Waals surface area contributed by atoms with Gasteiger partial charge in [0.25, 0.3) is 5.56 Å². The minimum atomic E-state index is -2.86. The van der Waals surface area contributed by atoms with Gasteiger partial charge in [-0.1, -0.05) is 6.07 Å². The third-order valence-corrected chi connectivity index (χ3v) is 1.53. The predicted molar refractivity (Wildman–Crippen MR) is 41.3 cm³/mol. The summed E-state index contributed by atoms with van der Waals surface area (Å²) in [6.07, 6.45) is 0.847. The van der Waals surface area contributed by atoms with Crippen molar-refractivity contribution in [3.8, 4) is 6.07 Å². The molecule has 0 fully saturated rings. The summed E-state index contributed by atoms with van der Waals surface area (Å²) in [5, 5.41) is 8.29. The van der Waals surface area contributed by atoms with Crippen LogP contribution in [-0.2, 0) is 6.42 Å². The Morgan fingerprint density at radius 3 is 2.85 bits per heavy atom. The first kappa shape index (κ1) is 9.39. The Labute approximate surface area is 72.8 Å². The van der Waals surface area contributed by atoms with E-state index in [1.807, 2.05) is 0 Å². The molecule has 13 heavy (non-hydrogen) atoms. The largest absolute Gasteiger partial charge is 0.321 e. The first-order valence-corrected chi connectivity index (χ1v) is 3.52. The molecule has 3 nitrogen and oxygen atoms in total. The molecular weight excluding hydrogens is 178 g/mol. The summed E-state index contributed by atoms with van der Waals surface area (Å²) in [7, 11) is 0. The zero-order valence-electron chi connectivity index (χ0n) is 6.58. The van der Waals surface area contributed by atoms with Crippen molar-refractivity contribution < 1.29 is 8.78 Å². The zero-order chi connectivity index (χ0) is 9.84. The molecule has 0 saturated carbocycles. The molecule has 0 aromatic carbocycles. The number of aromatic nitrogens is 1. The van der Waals surface area contributed by atoms with E-state index in [2.05, 4.69) is 0 Å². The minimum Gasteiger partial charge on any atom is -0.269 e. The summed E-state index contributed by atoms with van der Waals surface area (Å²) in [5.74, 6) is 0. The van der Waals surface area contributed by atoms with Crippen LogP contribution in [0.1, 0.15) is 12.1 Å². The number of halogens is 2. The monoisotopic (exact) mass is 184 g/mol. The topological polar surface area (TPSA) is 45.8 Å². The predicted octanol–water partition coefficient (Wildman–Crippen LogP) is 1.31. The van der Waals surface area contributed by atoms with E-state index in [4.69, 9.17) is 5.26 Å². The van der Waals surface area contributed by atoms with Gasteiger partial charge in [-0.15, -0.1) is 0 Å². The van der Waals surface area contributed by atoms with Crippen molar-refractivity contribution in [1.29, 1.82) is 5.26 Å². The lowest BCUT2D eigenvalue weighted by Crippen LogP contribution is -2.23. The fraction of sp³-hybridized carbons (Fsp3) is 0.250. The quantitative estimate of drug-likeness (QED) is 0.695. The van der Waals surface area contributed by atoms with Crippen LogP contribution in [0, 0.1) is 11.3 Å². The molecule has 0 aliphatic carbocycles. The highest BCUT2D eigenvalue weighted by Crippen LogP contribution is 2.06. The Balaban J connectivity index is 3.21. The van der Waals surface area contributed by atoms with E-state index in [1.54, 1.807) is 6.07 Å². The molecule has 0 saturated heterocycles. The van der Waals surface area contributed by atoms with Crippen LogP contribution < -0.4 is 5.56 Å². The minimum absolute atomic E-state index is 0.0882. The zero-order valence-corrected chi connectivity index (χ0v) is 6.58. The van der Waals surface area contributed by atoms with Gasteiger partial charge in [0, 0.05) is 11.8 Å². The number of hydrogen-bond acceptors (Lipinski definition) is 2. The number of nitriles is 1. The molecule has 0 aliphatic heterocycles. The van der Waals surface area contributed by atoms with Crippen LogP contribution in [0.3, 0.4) is 0 Å². The normalized spacial score (nSPS) is 10.0. The molecule has 1 aromatic rings. The molecule has 1 heterocycles. The van der Waals surface area contributed by atoms with Crippen molar-refractivity contribution >= 4 is 0 Å². The van der Waals surface area contributed by atoms with E-state index in [0.29, 0.717) is 4.57 Å². The number of rotatable bonds is 2. The number of alkyl halides is 2. The summed E-state index contributed by atoms with van der Waals surface area (Å²) < 4.78 is 24.6. The third kappa shape index (κ3) is 1.90. The maximum atomic E-state index is 12.1. The first-order chi connectivity index (χ1) is 6.16. The average molecular weight is 184 g/mol. The highest BCUT2D eigenvalue weighted by atomic mass is 19.3. The van der Waals surface area contributed by atoms with Crippen LogP contribution in [0.5, 0.6) is 0 Å². The highest BCUT2D eigenvalue weighted by molar-refractivity contribution is 5.14. The van der Waals surface area contributed by atoms with Gasteiger partial charge in [0.05, 0.1) is 12.5 Å². The summed E-state index contributed by atoms with van der Waals surface area (Å²) in [6, 6.07) is 4.42. The van der Waals surface area contributed by atoms with Crippen molar-refractivity contribution in [2.24, 2.45) is 0 Å². The molecule has 1 rings (SSSR count). The summed E-state index contributed by atoms with van der Waals surface area (Å²) in [5.41, 5.74) is -0.718. The van der Waals surface area contributed by atoms with Gasteiger partial charge in [0.2, 0.25) is 0 Å². The van der Waals surface area contributed by atoms with E-state index in [9.17, 15) is 13.6 Å². The molecule has 0 unspecified atom stereocenters. The van der Waals surface area contributed by atoms with Gasteiger partial charge >= 0.3 is 6.55 Å². The molecule has 0 radical (unpaired) electrons. The van der Waals surface area contributed by atoms with Gasteiger partial charge in [0.1, 0.15) is 0 Å². The molecular formula is C8H6F2N2O. The lowest BCUT2D eigenvalue weighted by atomic mass is 10.2. The lowest BCUT2D eigenvalue weighted by molar-refractivity contribution is 0.0660. The number of nitrogens with zero attached hydrogens (tertiary/aromatic N) is 2. The van der Waals surface area contributed by atoms with Crippen molar-refractivity contribution in [2.75, 3.05) is 0 Å². The van der Waals surface area contributed by atoms with Gasteiger partial charge in [-0.05, 0) is 6.07 Å². The second-order valence-electron chi connectivity index (χ2n) is 2.36. The Hall–Kier alpha value is -1.70. The van der Waals surface area contributed by atoms with Crippen LogP contribution >= 0.6 is 0 Å². The van der Waals surface area contributed by atoms with E-state index >= 15 is 0 Å². The molecule has 0 amide bonds. The second-order valence-corrected chi connectivity index (χ2v) is 2.36. The van der Waals surface area contributed by atoms with Crippen LogP contribution in [-0.4, -0.2) is 4.57 Å². The molecule has 1 aromatic heterocycles. The van der Waals surface area contributed by atoms with Gasteiger partial charge in [-0.2, -0.15) is 14.0 Å². The maximum absolute atomic E-state index is 12.1. The van der Waals surface area contributed by atoms with E-state index < -0.39 is 12.1 Å². The van der Waals surface area contributed by atoms with Crippen molar-refractivity contribution in [1.82, 2.24) is 4.57 Å². The number of hydrogen-bond donors (Lipinski definition) is 0. The fourth-order valence-corrected chi connectivity index (χ4v) is 0.930. The second kappa shape index (κ2) is 3.81. The average Bonchev–Trinajstić information content (AvgIpc) is 2.08. The van der Waals surface area contributed by atoms with Gasteiger partial charge < -0.3 is 0 Å². The molecule has 0 bridgehead atoms. The molecule has 68 valence electrons. The van der Waals surface area contributed by atoms with E-state index in [0.717, 1.165) is 6.20 Å².